The fourth-order valence-corrected chi connectivity index (χ4v) is 3.76. The Balaban J connectivity index is 1.56. The number of carbonyl (C=O) groups excluding carboxylic acids is 2. The SMILES string of the molecule is CN1C(=O)/C(=C\c2ccc(-c3cccc(F)c3)o2)SC1=Nc1ccc(C(=O)[O-])cc1. The molecule has 1 amide bonds. The van der Waals surface area contributed by atoms with Crippen molar-refractivity contribution in [1.82, 2.24) is 4.90 Å². The zero-order chi connectivity index (χ0) is 21.3. The second-order valence-electron chi connectivity index (χ2n) is 6.42. The number of halogens is 1. The van der Waals surface area contributed by atoms with Crippen molar-refractivity contribution in [2.45, 2.75) is 0 Å². The molecule has 3 aromatic rings. The summed E-state index contributed by atoms with van der Waals surface area (Å²) in [6.45, 7) is 0. The second-order valence-corrected chi connectivity index (χ2v) is 7.42. The van der Waals surface area contributed by atoms with Crippen LogP contribution in [-0.4, -0.2) is 29.0 Å². The molecule has 0 N–H and O–H groups in total. The van der Waals surface area contributed by atoms with Gasteiger partial charge in [-0.1, -0.05) is 24.3 Å². The second kappa shape index (κ2) is 8.00. The van der Waals surface area contributed by atoms with E-state index in [9.17, 15) is 19.1 Å². The molecule has 0 aliphatic carbocycles. The average Bonchev–Trinajstić information content (AvgIpc) is 3.29. The fraction of sp³-hybridized carbons (Fsp3) is 0.0455. The number of aromatic carboxylic acids is 1. The minimum absolute atomic E-state index is 0.0509. The van der Waals surface area contributed by atoms with E-state index in [1.54, 1.807) is 37.4 Å². The molecule has 1 fully saturated rings. The number of carboxylic acid groups (broad SMARTS) is 1. The van der Waals surface area contributed by atoms with Gasteiger partial charge in [0.05, 0.1) is 16.6 Å². The summed E-state index contributed by atoms with van der Waals surface area (Å²) in [5.41, 5.74) is 1.16. The zero-order valence-corrected chi connectivity index (χ0v) is 16.5. The average molecular weight is 421 g/mol. The molecule has 1 aliphatic rings. The van der Waals surface area contributed by atoms with Gasteiger partial charge in [-0.15, -0.1) is 0 Å². The first-order valence-electron chi connectivity index (χ1n) is 8.84. The summed E-state index contributed by atoms with van der Waals surface area (Å²) in [5.74, 6) is -0.919. The highest BCUT2D eigenvalue weighted by molar-refractivity contribution is 8.18. The van der Waals surface area contributed by atoms with E-state index in [1.165, 1.54) is 53.1 Å². The van der Waals surface area contributed by atoms with Crippen LogP contribution in [0.3, 0.4) is 0 Å². The number of amides is 1. The van der Waals surface area contributed by atoms with Crippen LogP contribution in [0.4, 0.5) is 10.1 Å². The largest absolute Gasteiger partial charge is 0.545 e. The van der Waals surface area contributed by atoms with Gasteiger partial charge in [0.15, 0.2) is 5.17 Å². The van der Waals surface area contributed by atoms with Crippen molar-refractivity contribution in [3.05, 3.63) is 82.7 Å². The lowest BCUT2D eigenvalue weighted by Gasteiger charge is -2.07. The van der Waals surface area contributed by atoms with Crippen molar-refractivity contribution in [3.8, 4) is 11.3 Å². The highest BCUT2D eigenvalue weighted by atomic mass is 32.2. The standard InChI is InChI=1S/C22H15FN2O4S/c1-25-20(26)19(30-22(25)24-16-7-5-13(6-8-16)21(27)28)12-17-9-10-18(29-17)14-3-2-4-15(23)11-14/h2-12H,1H3,(H,27,28)/p-1/b19-12+,24-22?. The number of benzene rings is 2. The first-order valence-corrected chi connectivity index (χ1v) is 9.66. The van der Waals surface area contributed by atoms with Gasteiger partial charge >= 0.3 is 0 Å². The van der Waals surface area contributed by atoms with E-state index in [1.807, 2.05) is 0 Å². The van der Waals surface area contributed by atoms with E-state index in [2.05, 4.69) is 4.99 Å². The highest BCUT2D eigenvalue weighted by Gasteiger charge is 2.30. The number of hydrogen-bond acceptors (Lipinski definition) is 6. The molecule has 4 rings (SSSR count). The molecule has 0 unspecified atom stereocenters. The third-order valence-electron chi connectivity index (χ3n) is 4.34. The van der Waals surface area contributed by atoms with Crippen LogP contribution in [0, 0.1) is 5.82 Å². The lowest BCUT2D eigenvalue weighted by molar-refractivity contribution is -0.255. The van der Waals surface area contributed by atoms with Gasteiger partial charge in [0.25, 0.3) is 5.91 Å². The molecule has 2 heterocycles. The monoisotopic (exact) mass is 421 g/mol. The molecular formula is C22H14FN2O4S-. The van der Waals surface area contributed by atoms with Gasteiger partial charge in [-0.05, 0) is 53.7 Å². The Kier molecular flexibility index (Phi) is 5.24. The lowest BCUT2D eigenvalue weighted by atomic mass is 10.2. The van der Waals surface area contributed by atoms with E-state index >= 15 is 0 Å². The lowest BCUT2D eigenvalue weighted by Crippen LogP contribution is -2.23. The molecule has 6 nitrogen and oxygen atoms in total. The number of hydrogen-bond donors (Lipinski definition) is 0. The van der Waals surface area contributed by atoms with Gasteiger partial charge in [-0.3, -0.25) is 9.69 Å². The number of amidine groups is 1. The fourth-order valence-electron chi connectivity index (χ4n) is 2.79. The molecule has 0 radical (unpaired) electrons. The number of carboxylic acids is 1. The number of furan rings is 1. The van der Waals surface area contributed by atoms with E-state index in [-0.39, 0.29) is 17.3 Å². The van der Waals surface area contributed by atoms with Crippen LogP contribution in [0.5, 0.6) is 0 Å². The van der Waals surface area contributed by atoms with Crippen molar-refractivity contribution in [3.63, 3.8) is 0 Å². The van der Waals surface area contributed by atoms with Crippen LogP contribution in [0.2, 0.25) is 0 Å². The van der Waals surface area contributed by atoms with E-state index in [0.717, 1.165) is 0 Å². The van der Waals surface area contributed by atoms with Crippen molar-refractivity contribution < 1.29 is 23.5 Å². The third-order valence-corrected chi connectivity index (χ3v) is 5.40. The van der Waals surface area contributed by atoms with Gasteiger partial charge in [-0.2, -0.15) is 0 Å². The summed E-state index contributed by atoms with van der Waals surface area (Å²) in [6.07, 6.45) is 1.61. The van der Waals surface area contributed by atoms with Gasteiger partial charge in [0.1, 0.15) is 17.3 Å². The molecule has 150 valence electrons. The summed E-state index contributed by atoms with van der Waals surface area (Å²) in [7, 11) is 1.60. The van der Waals surface area contributed by atoms with Gasteiger partial charge in [0.2, 0.25) is 0 Å². The summed E-state index contributed by atoms with van der Waals surface area (Å²) in [4.78, 5) is 29.6. The van der Waals surface area contributed by atoms with Crippen molar-refractivity contribution in [2.24, 2.45) is 4.99 Å². The predicted octanol–water partition coefficient (Wildman–Crippen LogP) is 3.68. The number of carbonyl (C=O) groups is 2. The smallest absolute Gasteiger partial charge is 0.266 e. The van der Waals surface area contributed by atoms with Crippen LogP contribution >= 0.6 is 11.8 Å². The maximum absolute atomic E-state index is 13.4. The minimum atomic E-state index is -1.27. The van der Waals surface area contributed by atoms with Crippen LogP contribution < -0.4 is 5.11 Å². The molecule has 1 aromatic heterocycles. The quantitative estimate of drug-likeness (QED) is 0.600. The van der Waals surface area contributed by atoms with Crippen molar-refractivity contribution >= 4 is 40.6 Å². The van der Waals surface area contributed by atoms with Crippen LogP contribution in [0.1, 0.15) is 16.1 Å². The molecule has 8 heteroatoms. The molecule has 2 aromatic carbocycles. The molecule has 0 atom stereocenters. The Bertz CT molecular complexity index is 1200. The number of likely N-dealkylation sites (N-methyl/N-ethyl adjacent to an activating group) is 1. The summed E-state index contributed by atoms with van der Waals surface area (Å²) in [5, 5.41) is 11.3. The molecule has 30 heavy (non-hydrogen) atoms. The molecular weight excluding hydrogens is 407 g/mol. The number of thioether (sulfide) groups is 1. The van der Waals surface area contributed by atoms with Crippen LogP contribution in [0.25, 0.3) is 17.4 Å². The zero-order valence-electron chi connectivity index (χ0n) is 15.7. The van der Waals surface area contributed by atoms with E-state index < -0.39 is 5.97 Å². The summed E-state index contributed by atoms with van der Waals surface area (Å²) < 4.78 is 19.1. The molecule has 1 saturated heterocycles. The van der Waals surface area contributed by atoms with E-state index in [0.29, 0.717) is 32.8 Å². The Hall–Kier alpha value is -3.65. The minimum Gasteiger partial charge on any atom is -0.545 e. The number of nitrogens with zero attached hydrogens (tertiary/aromatic N) is 2. The van der Waals surface area contributed by atoms with Gasteiger partial charge in [0, 0.05) is 18.7 Å². The number of rotatable bonds is 4. The Morgan fingerprint density at radius 1 is 1.17 bits per heavy atom. The molecule has 1 aliphatic heterocycles. The molecule has 0 spiro atoms. The molecule has 0 bridgehead atoms. The number of aliphatic imine (C=N–C) groups is 1. The van der Waals surface area contributed by atoms with Crippen LogP contribution in [0.15, 0.2) is 75.0 Å². The van der Waals surface area contributed by atoms with E-state index in [4.69, 9.17) is 4.42 Å². The Morgan fingerprint density at radius 3 is 2.63 bits per heavy atom. The van der Waals surface area contributed by atoms with Gasteiger partial charge < -0.3 is 14.3 Å². The van der Waals surface area contributed by atoms with Crippen LogP contribution in [-0.2, 0) is 4.79 Å². The third kappa shape index (κ3) is 4.04. The maximum Gasteiger partial charge on any atom is 0.266 e. The first-order chi connectivity index (χ1) is 14.4. The first kappa shape index (κ1) is 19.7. The maximum atomic E-state index is 13.4. The normalized spacial score (nSPS) is 16.6. The topological polar surface area (TPSA) is 85.9 Å². The molecule has 0 saturated carbocycles. The predicted molar refractivity (Wildman–Crippen MR) is 110 cm³/mol. The van der Waals surface area contributed by atoms with Crippen molar-refractivity contribution in [1.29, 1.82) is 0 Å². The van der Waals surface area contributed by atoms with Crippen molar-refractivity contribution in [2.75, 3.05) is 7.05 Å². The Morgan fingerprint density at radius 2 is 1.93 bits per heavy atom. The Labute approximate surface area is 175 Å². The van der Waals surface area contributed by atoms with Gasteiger partial charge in [-0.25, -0.2) is 9.38 Å². The highest BCUT2D eigenvalue weighted by Crippen LogP contribution is 2.34. The summed E-state index contributed by atoms with van der Waals surface area (Å²) in [6, 6.07) is 15.3. The summed E-state index contributed by atoms with van der Waals surface area (Å²) >= 11 is 1.17.